The lowest BCUT2D eigenvalue weighted by molar-refractivity contribution is 0.0696. The molecule has 0 bridgehead atoms. The van der Waals surface area contributed by atoms with E-state index in [-0.39, 0.29) is 17.2 Å². The van der Waals surface area contributed by atoms with Gasteiger partial charge in [-0.2, -0.15) is 0 Å². The van der Waals surface area contributed by atoms with E-state index in [0.717, 1.165) is 18.9 Å². The van der Waals surface area contributed by atoms with Gasteiger partial charge in [-0.05, 0) is 30.9 Å². The number of halogens is 1. The molecular weight excluding hydrogens is 185 g/mol. The molecule has 1 aromatic rings. The molecule has 0 heterocycles. The first-order valence-corrected chi connectivity index (χ1v) is 4.42. The van der Waals surface area contributed by atoms with Gasteiger partial charge in [0.15, 0.2) is 0 Å². The van der Waals surface area contributed by atoms with E-state index in [1.807, 2.05) is 0 Å². The first-order chi connectivity index (χ1) is 6.59. The van der Waals surface area contributed by atoms with E-state index in [1.165, 1.54) is 6.07 Å². The predicted octanol–water partition coefficient (Wildman–Crippen LogP) is 1.98. The van der Waals surface area contributed by atoms with Crippen LogP contribution in [0, 0.1) is 5.82 Å². The molecule has 0 aromatic heterocycles. The minimum Gasteiger partial charge on any atom is -0.478 e. The fraction of sp³-hybridized carbons (Fsp3) is 0.300. The molecule has 1 aromatic carbocycles. The van der Waals surface area contributed by atoms with Crippen molar-refractivity contribution in [3.63, 3.8) is 0 Å². The Balaban J connectivity index is 2.49. The van der Waals surface area contributed by atoms with Crippen molar-refractivity contribution in [1.29, 1.82) is 0 Å². The monoisotopic (exact) mass is 195 g/mol. The van der Waals surface area contributed by atoms with Crippen LogP contribution in [-0.2, 0) is 0 Å². The van der Waals surface area contributed by atoms with Crippen LogP contribution in [0.3, 0.4) is 0 Å². The third-order valence-electron chi connectivity index (χ3n) is 2.39. The third-order valence-corrected chi connectivity index (χ3v) is 2.39. The normalized spacial score (nSPS) is 15.5. The summed E-state index contributed by atoms with van der Waals surface area (Å²) in [6.45, 7) is 0. The highest BCUT2D eigenvalue weighted by atomic mass is 19.1. The van der Waals surface area contributed by atoms with Crippen molar-refractivity contribution < 1.29 is 14.3 Å². The van der Waals surface area contributed by atoms with Crippen molar-refractivity contribution in [2.24, 2.45) is 0 Å². The number of benzene rings is 1. The van der Waals surface area contributed by atoms with Gasteiger partial charge in [0.05, 0.1) is 5.56 Å². The van der Waals surface area contributed by atoms with Crippen LogP contribution in [0.25, 0.3) is 0 Å². The van der Waals surface area contributed by atoms with Gasteiger partial charge in [0.25, 0.3) is 0 Å². The molecule has 3 N–H and O–H groups in total. The lowest BCUT2D eigenvalue weighted by Crippen LogP contribution is -2.03. The topological polar surface area (TPSA) is 63.3 Å². The number of nitrogen functional groups attached to an aromatic ring is 1. The zero-order valence-corrected chi connectivity index (χ0v) is 7.46. The number of hydrogen-bond donors (Lipinski definition) is 2. The number of rotatable bonds is 2. The molecule has 0 amide bonds. The van der Waals surface area contributed by atoms with Crippen LogP contribution in [0.1, 0.15) is 34.7 Å². The van der Waals surface area contributed by atoms with E-state index in [2.05, 4.69) is 0 Å². The second-order valence-corrected chi connectivity index (χ2v) is 3.54. The largest absolute Gasteiger partial charge is 0.478 e. The summed E-state index contributed by atoms with van der Waals surface area (Å²) < 4.78 is 13.4. The highest BCUT2D eigenvalue weighted by Crippen LogP contribution is 2.44. The molecule has 4 heteroatoms. The van der Waals surface area contributed by atoms with Crippen LogP contribution in [-0.4, -0.2) is 11.1 Å². The van der Waals surface area contributed by atoms with Gasteiger partial charge in [-0.3, -0.25) is 0 Å². The number of hydrogen-bond acceptors (Lipinski definition) is 2. The summed E-state index contributed by atoms with van der Waals surface area (Å²) in [5.41, 5.74) is 6.24. The predicted molar refractivity (Wildman–Crippen MR) is 49.7 cm³/mol. The second kappa shape index (κ2) is 2.97. The van der Waals surface area contributed by atoms with Gasteiger partial charge >= 0.3 is 5.97 Å². The smallest absolute Gasteiger partial charge is 0.335 e. The van der Waals surface area contributed by atoms with Gasteiger partial charge in [0.2, 0.25) is 0 Å². The quantitative estimate of drug-likeness (QED) is 0.709. The van der Waals surface area contributed by atoms with E-state index < -0.39 is 11.8 Å². The summed E-state index contributed by atoms with van der Waals surface area (Å²) in [7, 11) is 0. The lowest BCUT2D eigenvalue weighted by atomic mass is 10.0. The molecule has 0 atom stereocenters. The van der Waals surface area contributed by atoms with E-state index in [4.69, 9.17) is 10.8 Å². The fourth-order valence-corrected chi connectivity index (χ4v) is 1.57. The third kappa shape index (κ3) is 1.43. The number of anilines is 1. The number of aromatic carboxylic acids is 1. The molecule has 14 heavy (non-hydrogen) atoms. The van der Waals surface area contributed by atoms with Crippen molar-refractivity contribution >= 4 is 11.7 Å². The molecule has 1 saturated carbocycles. The Hall–Kier alpha value is -1.58. The van der Waals surface area contributed by atoms with E-state index in [0.29, 0.717) is 5.56 Å². The summed E-state index contributed by atoms with van der Waals surface area (Å²) in [4.78, 5) is 10.6. The second-order valence-electron chi connectivity index (χ2n) is 3.54. The Bertz CT molecular complexity index is 376. The van der Waals surface area contributed by atoms with Crippen molar-refractivity contribution in [2.45, 2.75) is 18.8 Å². The van der Waals surface area contributed by atoms with Crippen LogP contribution in [0.5, 0.6) is 0 Å². The minimum atomic E-state index is -1.15. The Labute approximate surface area is 80.3 Å². The van der Waals surface area contributed by atoms with E-state index >= 15 is 0 Å². The summed E-state index contributed by atoms with van der Waals surface area (Å²) in [5, 5.41) is 8.66. The Morgan fingerprint density at radius 3 is 2.57 bits per heavy atom. The Morgan fingerprint density at radius 2 is 2.14 bits per heavy atom. The summed E-state index contributed by atoms with van der Waals surface area (Å²) in [6, 6.07) is 2.35. The minimum absolute atomic E-state index is 0.0931. The van der Waals surface area contributed by atoms with Gasteiger partial charge in [-0.1, -0.05) is 0 Å². The van der Waals surface area contributed by atoms with Crippen molar-refractivity contribution in [3.05, 3.63) is 29.1 Å². The summed E-state index contributed by atoms with van der Waals surface area (Å²) in [5.74, 6) is -1.46. The van der Waals surface area contributed by atoms with Crippen molar-refractivity contribution in [2.75, 3.05) is 5.73 Å². The van der Waals surface area contributed by atoms with Crippen LogP contribution in [0.4, 0.5) is 10.1 Å². The Kier molecular flexibility index (Phi) is 1.91. The standard InChI is InChI=1S/C10H10FNO2/c11-7-3-6(10(13)14)4-8(12)9(7)5-1-2-5/h3-5H,1-2,12H2,(H,13,14). The Morgan fingerprint density at radius 1 is 1.50 bits per heavy atom. The molecule has 74 valence electrons. The molecule has 0 unspecified atom stereocenters. The molecule has 1 aliphatic rings. The first-order valence-electron chi connectivity index (χ1n) is 4.42. The number of carboxylic acids is 1. The average molecular weight is 195 g/mol. The first kappa shape index (κ1) is 8.99. The lowest BCUT2D eigenvalue weighted by Gasteiger charge is -2.06. The molecule has 1 fully saturated rings. The summed E-state index contributed by atoms with van der Waals surface area (Å²) in [6.07, 6.45) is 1.88. The molecule has 0 spiro atoms. The van der Waals surface area contributed by atoms with Gasteiger partial charge in [-0.15, -0.1) is 0 Å². The molecule has 0 saturated heterocycles. The van der Waals surface area contributed by atoms with Crippen LogP contribution < -0.4 is 5.73 Å². The maximum atomic E-state index is 13.4. The van der Waals surface area contributed by atoms with E-state index in [1.54, 1.807) is 0 Å². The van der Waals surface area contributed by atoms with Crippen LogP contribution in [0.2, 0.25) is 0 Å². The zero-order chi connectivity index (χ0) is 10.3. The van der Waals surface area contributed by atoms with Gasteiger partial charge in [0.1, 0.15) is 5.82 Å². The molecule has 3 nitrogen and oxygen atoms in total. The number of carboxylic acid groups (broad SMARTS) is 1. The van der Waals surface area contributed by atoms with Crippen LogP contribution in [0.15, 0.2) is 12.1 Å². The van der Waals surface area contributed by atoms with Gasteiger partial charge < -0.3 is 10.8 Å². The number of nitrogens with two attached hydrogens (primary N) is 1. The molecule has 0 aliphatic heterocycles. The maximum Gasteiger partial charge on any atom is 0.335 e. The highest BCUT2D eigenvalue weighted by molar-refractivity contribution is 5.89. The van der Waals surface area contributed by atoms with Crippen molar-refractivity contribution in [3.8, 4) is 0 Å². The molecule has 1 aliphatic carbocycles. The highest BCUT2D eigenvalue weighted by Gasteiger charge is 2.29. The molecular formula is C10H10FNO2. The van der Waals surface area contributed by atoms with E-state index in [9.17, 15) is 9.18 Å². The molecule has 2 rings (SSSR count). The maximum absolute atomic E-state index is 13.4. The van der Waals surface area contributed by atoms with Gasteiger partial charge in [0, 0.05) is 11.3 Å². The summed E-state index contributed by atoms with van der Waals surface area (Å²) >= 11 is 0. The SMILES string of the molecule is Nc1cc(C(=O)O)cc(F)c1C1CC1. The van der Waals surface area contributed by atoms with Gasteiger partial charge in [-0.25, -0.2) is 9.18 Å². The van der Waals surface area contributed by atoms with Crippen LogP contribution >= 0.6 is 0 Å². The fourth-order valence-electron chi connectivity index (χ4n) is 1.57. The number of carbonyl (C=O) groups is 1. The molecule has 0 radical (unpaired) electrons. The van der Waals surface area contributed by atoms with Crippen molar-refractivity contribution in [1.82, 2.24) is 0 Å². The zero-order valence-electron chi connectivity index (χ0n) is 7.46. The average Bonchev–Trinajstić information content (AvgIpc) is 2.86.